The van der Waals surface area contributed by atoms with Crippen molar-refractivity contribution < 1.29 is 0 Å². The molecule has 0 amide bonds. The minimum Gasteiger partial charge on any atom is -0.309 e. The van der Waals surface area contributed by atoms with Crippen molar-refractivity contribution in [3.8, 4) is 28.7 Å². The number of nitrogens with zero attached hydrogens (tertiary/aromatic N) is 5. The Morgan fingerprint density at radius 2 is 0.896 bits per heavy atom. The molecule has 5 nitrogen and oxygen atoms in total. The number of halogens is 2. The number of para-hydroxylation sites is 2. The summed E-state index contributed by atoms with van der Waals surface area (Å²) in [6, 6.07) is 47.8. The van der Waals surface area contributed by atoms with E-state index in [1.807, 2.05) is 48.5 Å². The first-order valence-corrected chi connectivity index (χ1v) is 16.4. The zero-order chi connectivity index (χ0) is 31.9. The van der Waals surface area contributed by atoms with Gasteiger partial charge in [-0.1, -0.05) is 83.9 Å². The van der Waals surface area contributed by atoms with Gasteiger partial charge in [0.15, 0.2) is 11.6 Å². The van der Waals surface area contributed by atoms with Crippen molar-refractivity contribution in [3.63, 3.8) is 0 Å². The van der Waals surface area contributed by atoms with Crippen LogP contribution in [0.25, 0.3) is 88.6 Å². The van der Waals surface area contributed by atoms with E-state index in [1.54, 1.807) is 0 Å². The summed E-state index contributed by atoms with van der Waals surface area (Å²) in [4.78, 5) is 15.1. The minimum atomic E-state index is 0.533. The zero-order valence-corrected chi connectivity index (χ0v) is 26.8. The molecule has 226 valence electrons. The third-order valence-corrected chi connectivity index (χ3v) is 9.77. The van der Waals surface area contributed by atoms with E-state index in [9.17, 15) is 0 Å². The van der Waals surface area contributed by atoms with Gasteiger partial charge in [-0.2, -0.15) is 9.97 Å². The first kappa shape index (κ1) is 27.4. The minimum absolute atomic E-state index is 0.533. The predicted octanol–water partition coefficient (Wildman–Crippen LogP) is 11.3. The fourth-order valence-corrected chi connectivity index (χ4v) is 7.35. The van der Waals surface area contributed by atoms with Crippen LogP contribution >= 0.6 is 23.2 Å². The van der Waals surface area contributed by atoms with Gasteiger partial charge in [0.1, 0.15) is 0 Å². The van der Waals surface area contributed by atoms with Crippen LogP contribution in [0.2, 0.25) is 10.0 Å². The highest BCUT2D eigenvalue weighted by molar-refractivity contribution is 6.31. The van der Waals surface area contributed by atoms with Gasteiger partial charge in [0.2, 0.25) is 5.95 Å². The van der Waals surface area contributed by atoms with E-state index in [-0.39, 0.29) is 0 Å². The van der Waals surface area contributed by atoms with Gasteiger partial charge >= 0.3 is 0 Å². The molecule has 0 aliphatic heterocycles. The molecule has 4 aromatic heterocycles. The van der Waals surface area contributed by atoms with Crippen LogP contribution in [0, 0.1) is 0 Å². The Hall–Kier alpha value is -5.75. The molecule has 0 saturated heterocycles. The van der Waals surface area contributed by atoms with Crippen molar-refractivity contribution in [1.29, 1.82) is 0 Å². The summed E-state index contributed by atoms with van der Waals surface area (Å²) in [7, 11) is 0. The average Bonchev–Trinajstić information content (AvgIpc) is 3.67. The lowest BCUT2D eigenvalue weighted by atomic mass is 10.1. The van der Waals surface area contributed by atoms with E-state index >= 15 is 0 Å². The van der Waals surface area contributed by atoms with Crippen LogP contribution in [0.4, 0.5) is 0 Å². The number of hydrogen-bond acceptors (Lipinski definition) is 3. The molecule has 0 spiro atoms. The highest BCUT2D eigenvalue weighted by atomic mass is 35.5. The smallest absolute Gasteiger partial charge is 0.238 e. The lowest BCUT2D eigenvalue weighted by Crippen LogP contribution is -2.06. The molecule has 7 heteroatoms. The first-order valence-electron chi connectivity index (χ1n) is 15.7. The molecule has 0 aliphatic rings. The van der Waals surface area contributed by atoms with Crippen molar-refractivity contribution >= 4 is 83.1 Å². The fraction of sp³-hybridized carbons (Fsp3) is 0. The molecular weight excluding hydrogens is 633 g/mol. The van der Waals surface area contributed by atoms with E-state index in [0.717, 1.165) is 43.8 Å². The summed E-state index contributed by atoms with van der Waals surface area (Å²) in [5.74, 6) is 1.65. The Kier molecular flexibility index (Phi) is 5.92. The standard InChI is InChI=1S/C41H23Cl2N5/c42-27-17-13-24(14-18-27)39-44-40(25-15-19-28(43)20-16-25)46-41(45-39)48-35-12-6-4-10-32(35)33-23-36-26(22-38(33)48)21-37-31-9-2-1-7-29(31)30-8-3-5-11-34(30)47(36)37/h1-23H. The number of fused-ring (bicyclic) bond motifs is 11. The molecular formula is C41H23Cl2N5. The van der Waals surface area contributed by atoms with Gasteiger partial charge in [0.25, 0.3) is 0 Å². The topological polar surface area (TPSA) is 48.0 Å². The zero-order valence-electron chi connectivity index (χ0n) is 25.3. The summed E-state index contributed by atoms with van der Waals surface area (Å²) in [5.41, 5.74) is 7.24. The summed E-state index contributed by atoms with van der Waals surface area (Å²) >= 11 is 12.5. The maximum absolute atomic E-state index is 6.25. The van der Waals surface area contributed by atoms with Crippen LogP contribution in [0.5, 0.6) is 0 Å². The molecule has 6 aromatic carbocycles. The second kappa shape index (κ2) is 10.4. The van der Waals surface area contributed by atoms with Crippen LogP contribution in [-0.4, -0.2) is 23.9 Å². The summed E-state index contributed by atoms with van der Waals surface area (Å²) in [6.45, 7) is 0. The molecule has 10 aromatic rings. The molecule has 0 radical (unpaired) electrons. The maximum atomic E-state index is 6.25. The Balaban J connectivity index is 1.31. The number of benzene rings is 6. The summed E-state index contributed by atoms with van der Waals surface area (Å²) < 4.78 is 4.56. The van der Waals surface area contributed by atoms with Crippen LogP contribution in [0.1, 0.15) is 0 Å². The fourth-order valence-electron chi connectivity index (χ4n) is 7.10. The quantitative estimate of drug-likeness (QED) is 0.178. The molecule has 4 heterocycles. The van der Waals surface area contributed by atoms with Gasteiger partial charge in [-0.25, -0.2) is 4.98 Å². The highest BCUT2D eigenvalue weighted by Crippen LogP contribution is 2.39. The lowest BCUT2D eigenvalue weighted by Gasteiger charge is -2.11. The van der Waals surface area contributed by atoms with Crippen molar-refractivity contribution in [2.75, 3.05) is 0 Å². The van der Waals surface area contributed by atoms with Crippen molar-refractivity contribution in [1.82, 2.24) is 23.9 Å². The molecule has 48 heavy (non-hydrogen) atoms. The van der Waals surface area contributed by atoms with Crippen LogP contribution in [-0.2, 0) is 0 Å². The molecule has 0 aliphatic carbocycles. The van der Waals surface area contributed by atoms with E-state index in [4.69, 9.17) is 38.2 Å². The Morgan fingerprint density at radius 1 is 0.396 bits per heavy atom. The second-order valence-corrected chi connectivity index (χ2v) is 12.9. The van der Waals surface area contributed by atoms with E-state index in [2.05, 4.69) is 100.0 Å². The van der Waals surface area contributed by atoms with Crippen LogP contribution in [0.15, 0.2) is 140 Å². The molecule has 0 bridgehead atoms. The van der Waals surface area contributed by atoms with E-state index < -0.39 is 0 Å². The first-order chi connectivity index (χ1) is 23.6. The molecule has 0 saturated carbocycles. The van der Waals surface area contributed by atoms with Crippen LogP contribution < -0.4 is 0 Å². The predicted molar refractivity (Wildman–Crippen MR) is 199 cm³/mol. The molecule has 0 atom stereocenters. The number of pyridine rings is 1. The average molecular weight is 657 g/mol. The third kappa shape index (κ3) is 4.08. The number of rotatable bonds is 3. The molecule has 10 rings (SSSR count). The van der Waals surface area contributed by atoms with Gasteiger partial charge in [-0.05, 0) is 84.2 Å². The van der Waals surface area contributed by atoms with Gasteiger partial charge in [-0.3, -0.25) is 4.57 Å². The van der Waals surface area contributed by atoms with Crippen molar-refractivity contribution in [2.45, 2.75) is 0 Å². The Labute approximate surface area is 284 Å². The molecule has 0 fully saturated rings. The SMILES string of the molecule is Clc1ccc(-c2nc(-c3ccc(Cl)cc3)nc(-n3c4ccccc4c4cc5c(cc43)cc3c4ccccc4c4ccccc4n53)n2)cc1. The monoisotopic (exact) mass is 655 g/mol. The Morgan fingerprint density at radius 3 is 1.52 bits per heavy atom. The number of aromatic nitrogens is 5. The van der Waals surface area contributed by atoms with Gasteiger partial charge in [0.05, 0.1) is 27.6 Å². The highest BCUT2D eigenvalue weighted by Gasteiger charge is 2.20. The van der Waals surface area contributed by atoms with Crippen molar-refractivity contribution in [2.24, 2.45) is 0 Å². The normalized spacial score (nSPS) is 12.0. The summed E-state index contributed by atoms with van der Waals surface area (Å²) in [6.07, 6.45) is 0. The lowest BCUT2D eigenvalue weighted by molar-refractivity contribution is 0.954. The van der Waals surface area contributed by atoms with Crippen LogP contribution in [0.3, 0.4) is 0 Å². The maximum Gasteiger partial charge on any atom is 0.238 e. The van der Waals surface area contributed by atoms with Gasteiger partial charge < -0.3 is 4.40 Å². The largest absolute Gasteiger partial charge is 0.309 e. The number of hydrogen-bond donors (Lipinski definition) is 0. The molecule has 0 unspecified atom stereocenters. The summed E-state index contributed by atoms with van der Waals surface area (Å²) in [5, 5.41) is 8.39. The van der Waals surface area contributed by atoms with Gasteiger partial charge in [-0.15, -0.1) is 0 Å². The third-order valence-electron chi connectivity index (χ3n) is 9.26. The molecule has 0 N–H and O–H groups in total. The van der Waals surface area contributed by atoms with Crippen molar-refractivity contribution in [3.05, 3.63) is 150 Å². The van der Waals surface area contributed by atoms with Gasteiger partial charge in [0, 0.05) is 48.1 Å². The second-order valence-electron chi connectivity index (χ2n) is 12.0. The van der Waals surface area contributed by atoms with E-state index in [1.165, 1.54) is 27.2 Å². The Bertz CT molecular complexity index is 2840. The van der Waals surface area contributed by atoms with E-state index in [0.29, 0.717) is 27.6 Å².